The van der Waals surface area contributed by atoms with Crippen molar-refractivity contribution in [1.82, 2.24) is 15.1 Å². The lowest BCUT2D eigenvalue weighted by Gasteiger charge is -2.26. The van der Waals surface area contributed by atoms with E-state index in [-0.39, 0.29) is 12.1 Å². The maximum Gasteiger partial charge on any atom is 0.407 e. The molecule has 2 N–H and O–H groups in total. The Bertz CT molecular complexity index is 886. The minimum absolute atomic E-state index is 0.262. The van der Waals surface area contributed by atoms with Crippen molar-refractivity contribution in [1.29, 1.82) is 0 Å². The van der Waals surface area contributed by atoms with E-state index in [9.17, 15) is 17.6 Å². The zero-order valence-electron chi connectivity index (χ0n) is 18.7. The quantitative estimate of drug-likeness (QED) is 0.349. The molecule has 0 saturated carbocycles. The molecule has 1 aliphatic rings. The van der Waals surface area contributed by atoms with Crippen molar-refractivity contribution in [3.63, 3.8) is 0 Å². The normalized spacial score (nSPS) is 16.2. The van der Waals surface area contributed by atoms with E-state index in [0.29, 0.717) is 18.8 Å². The molecule has 11 nitrogen and oxygen atoms in total. The van der Waals surface area contributed by atoms with Gasteiger partial charge in [0.1, 0.15) is 11.4 Å². The number of benzene rings is 1. The second-order valence-corrected chi connectivity index (χ2v) is 8.81. The van der Waals surface area contributed by atoms with Crippen LogP contribution in [0.4, 0.5) is 14.9 Å². The largest absolute Gasteiger partial charge is 0.444 e. The minimum atomic E-state index is -4.16. The molecule has 1 atom stereocenters. The number of ether oxygens (including phenoxy) is 1. The van der Waals surface area contributed by atoms with Gasteiger partial charge >= 0.3 is 16.5 Å². The Labute approximate surface area is 187 Å². The molecule has 1 aliphatic heterocycles. The zero-order valence-corrected chi connectivity index (χ0v) is 19.5. The first kappa shape index (κ1) is 27.3. The molecule has 1 unspecified atom stereocenters. The van der Waals surface area contributed by atoms with Crippen LogP contribution in [0.2, 0.25) is 0 Å². The van der Waals surface area contributed by atoms with Crippen LogP contribution in [0.15, 0.2) is 46.9 Å². The summed E-state index contributed by atoms with van der Waals surface area (Å²) in [7, 11) is -1.39. The van der Waals surface area contributed by atoms with Gasteiger partial charge in [0.2, 0.25) is 6.29 Å². The molecule has 180 valence electrons. The molecule has 1 heterocycles. The average Bonchev–Trinajstić information content (AvgIpc) is 3.03. The molecule has 1 aromatic rings. The number of halogens is 1. The van der Waals surface area contributed by atoms with Crippen LogP contribution in [-0.4, -0.2) is 68.0 Å². The second kappa shape index (κ2) is 12.3. The molecule has 0 radical (unpaired) electrons. The number of nitrogens with zero attached hydrogens (tertiary/aromatic N) is 4. The van der Waals surface area contributed by atoms with Gasteiger partial charge in [0.25, 0.3) is 0 Å². The number of amides is 1. The van der Waals surface area contributed by atoms with Crippen molar-refractivity contribution in [2.45, 2.75) is 39.1 Å². The predicted molar refractivity (Wildman–Crippen MR) is 116 cm³/mol. The number of rotatable bonds is 7. The fourth-order valence-electron chi connectivity index (χ4n) is 2.31. The summed E-state index contributed by atoms with van der Waals surface area (Å²) in [6, 6.07) is 5.86. The van der Waals surface area contributed by atoms with Gasteiger partial charge in [-0.2, -0.15) is 13.5 Å². The maximum atomic E-state index is 12.9. The monoisotopic (exact) mass is 475 g/mol. The Kier molecular flexibility index (Phi) is 10.5. The standard InChI is InChI=1S/C18H26FN5O2.CH4O4S/c1-18(2,3)26-17(25)20-10-5-11-24-13-12-23(4)16(24)22-21-15-8-6-14(19)7-9-15;1-5-6(2,3)4/h6-9,12-13,16H,5,10-11H2,1-4H3,(H,20,25);1H3,(H,2,3,4)/b22-21+;. The van der Waals surface area contributed by atoms with Crippen LogP contribution >= 0.6 is 0 Å². The van der Waals surface area contributed by atoms with Gasteiger partial charge < -0.3 is 19.9 Å². The summed E-state index contributed by atoms with van der Waals surface area (Å²) in [5.41, 5.74) is 0.0919. The van der Waals surface area contributed by atoms with Crippen molar-refractivity contribution in [2.75, 3.05) is 27.2 Å². The van der Waals surface area contributed by atoms with Crippen LogP contribution in [0.1, 0.15) is 27.2 Å². The van der Waals surface area contributed by atoms with Gasteiger partial charge in [-0.3, -0.25) is 8.74 Å². The van der Waals surface area contributed by atoms with Crippen LogP contribution in [0.3, 0.4) is 0 Å². The van der Waals surface area contributed by atoms with Crippen LogP contribution in [0.25, 0.3) is 0 Å². The van der Waals surface area contributed by atoms with E-state index < -0.39 is 22.1 Å². The van der Waals surface area contributed by atoms with Crippen molar-refractivity contribution in [2.24, 2.45) is 10.2 Å². The molecule has 0 spiro atoms. The third kappa shape index (κ3) is 11.6. The first-order valence-corrected chi connectivity index (χ1v) is 11.0. The number of hydrogen-bond donors (Lipinski definition) is 2. The van der Waals surface area contributed by atoms with Crippen molar-refractivity contribution in [3.05, 3.63) is 42.5 Å². The van der Waals surface area contributed by atoms with Gasteiger partial charge in [0.15, 0.2) is 0 Å². The lowest BCUT2D eigenvalue weighted by Crippen LogP contribution is -2.37. The average molecular weight is 476 g/mol. The summed E-state index contributed by atoms with van der Waals surface area (Å²) in [5, 5.41) is 11.2. The summed E-state index contributed by atoms with van der Waals surface area (Å²) in [4.78, 5) is 15.6. The summed E-state index contributed by atoms with van der Waals surface area (Å²) in [6.45, 7) is 6.69. The first-order chi connectivity index (χ1) is 14.8. The SMILES string of the molecule is CN1C=CN(CCCNC(=O)OC(C)(C)C)C1/N=N/c1ccc(F)cc1.COS(=O)(=O)O. The fourth-order valence-corrected chi connectivity index (χ4v) is 2.31. The zero-order chi connectivity index (χ0) is 24.4. The van der Waals surface area contributed by atoms with Crippen LogP contribution in [-0.2, 0) is 19.3 Å². The van der Waals surface area contributed by atoms with Crippen LogP contribution in [0, 0.1) is 5.82 Å². The molecule has 32 heavy (non-hydrogen) atoms. The topological polar surface area (TPSA) is 133 Å². The summed E-state index contributed by atoms with van der Waals surface area (Å²) < 4.78 is 47.8. The maximum absolute atomic E-state index is 12.9. The third-order valence-electron chi connectivity index (χ3n) is 3.73. The highest BCUT2D eigenvalue weighted by Gasteiger charge is 2.23. The number of azo groups is 1. The van der Waals surface area contributed by atoms with E-state index in [2.05, 4.69) is 19.7 Å². The molecule has 0 bridgehead atoms. The van der Waals surface area contributed by atoms with Gasteiger partial charge in [-0.1, -0.05) is 0 Å². The number of alkyl carbamates (subject to hydrolysis) is 1. The minimum Gasteiger partial charge on any atom is -0.444 e. The molecular weight excluding hydrogens is 445 g/mol. The highest BCUT2D eigenvalue weighted by atomic mass is 32.3. The van der Waals surface area contributed by atoms with Gasteiger partial charge in [-0.05, 0) is 51.5 Å². The number of nitrogens with one attached hydrogen (secondary N) is 1. The van der Waals surface area contributed by atoms with Gasteiger partial charge in [0, 0.05) is 32.5 Å². The predicted octanol–water partition coefficient (Wildman–Crippen LogP) is 3.26. The molecule has 2 rings (SSSR count). The molecule has 0 aromatic heterocycles. The highest BCUT2D eigenvalue weighted by Crippen LogP contribution is 2.19. The Morgan fingerprint density at radius 2 is 1.84 bits per heavy atom. The van der Waals surface area contributed by atoms with Crippen LogP contribution in [0.5, 0.6) is 0 Å². The number of carbonyl (C=O) groups is 1. The van der Waals surface area contributed by atoms with Crippen molar-refractivity contribution >= 4 is 22.2 Å². The Hall–Kier alpha value is -2.77. The fraction of sp³-hybridized carbons (Fsp3) is 0.526. The summed E-state index contributed by atoms with van der Waals surface area (Å²) in [6.07, 6.45) is 3.90. The first-order valence-electron chi connectivity index (χ1n) is 9.63. The molecule has 0 aliphatic carbocycles. The molecular formula is C19H30FN5O6S. The Morgan fingerprint density at radius 3 is 2.38 bits per heavy atom. The van der Waals surface area contributed by atoms with E-state index >= 15 is 0 Å². The van der Waals surface area contributed by atoms with E-state index in [1.807, 2.05) is 50.0 Å². The molecule has 1 amide bonds. The molecule has 0 fully saturated rings. The lowest BCUT2D eigenvalue weighted by molar-refractivity contribution is 0.0525. The van der Waals surface area contributed by atoms with E-state index in [1.165, 1.54) is 12.1 Å². The Balaban J connectivity index is 0.000000751. The van der Waals surface area contributed by atoms with Crippen LogP contribution < -0.4 is 5.32 Å². The lowest BCUT2D eigenvalue weighted by atomic mass is 10.2. The van der Waals surface area contributed by atoms with Crippen molar-refractivity contribution < 1.29 is 31.1 Å². The smallest absolute Gasteiger partial charge is 0.407 e. The Morgan fingerprint density at radius 1 is 1.25 bits per heavy atom. The van der Waals surface area contributed by atoms with E-state index in [4.69, 9.17) is 9.29 Å². The number of hydrogen-bond acceptors (Lipinski definition) is 9. The highest BCUT2D eigenvalue weighted by molar-refractivity contribution is 7.80. The molecule has 0 saturated heterocycles. The number of carbonyl (C=O) groups excluding carboxylic acids is 1. The molecule has 13 heteroatoms. The van der Waals surface area contributed by atoms with Gasteiger partial charge in [-0.15, -0.1) is 5.11 Å². The van der Waals surface area contributed by atoms with Gasteiger partial charge in [0.05, 0.1) is 12.8 Å². The summed E-state index contributed by atoms with van der Waals surface area (Å²) >= 11 is 0. The summed E-state index contributed by atoms with van der Waals surface area (Å²) in [5.74, 6) is -0.303. The van der Waals surface area contributed by atoms with E-state index in [0.717, 1.165) is 13.5 Å². The third-order valence-corrected chi connectivity index (χ3v) is 4.15. The second-order valence-electron chi connectivity index (χ2n) is 7.62. The van der Waals surface area contributed by atoms with Gasteiger partial charge in [-0.25, -0.2) is 9.18 Å². The molecule has 1 aromatic carbocycles. The van der Waals surface area contributed by atoms with Crippen molar-refractivity contribution in [3.8, 4) is 0 Å². The van der Waals surface area contributed by atoms with E-state index in [1.54, 1.807) is 12.1 Å².